The average molecular weight is 298 g/mol. The van der Waals surface area contributed by atoms with Crippen LogP contribution in [-0.2, 0) is 6.18 Å². The van der Waals surface area contributed by atoms with E-state index in [1.165, 1.54) is 18.0 Å². The molecule has 0 bridgehead atoms. The van der Waals surface area contributed by atoms with Gasteiger partial charge >= 0.3 is 6.18 Å². The van der Waals surface area contributed by atoms with Crippen LogP contribution in [0.15, 0.2) is 22.7 Å². The van der Waals surface area contributed by atoms with Gasteiger partial charge in [0.2, 0.25) is 0 Å². The first-order valence-corrected chi connectivity index (χ1v) is 5.34. The minimum atomic E-state index is -4.40. The number of rotatable bonds is 3. The number of benzene rings is 1. The van der Waals surface area contributed by atoms with Crippen molar-refractivity contribution in [3.63, 3.8) is 0 Å². The second-order valence-corrected chi connectivity index (χ2v) is 4.22. The minimum absolute atomic E-state index is 0.0600. The van der Waals surface area contributed by atoms with E-state index in [0.717, 1.165) is 6.07 Å². The summed E-state index contributed by atoms with van der Waals surface area (Å²) < 4.78 is 38.5. The van der Waals surface area contributed by atoms with Crippen LogP contribution in [0.2, 0.25) is 0 Å². The Labute approximate surface area is 99.8 Å². The van der Waals surface area contributed by atoms with Crippen molar-refractivity contribution >= 4 is 21.6 Å². The lowest BCUT2D eigenvalue weighted by Crippen LogP contribution is -2.24. The highest BCUT2D eigenvalue weighted by atomic mass is 79.9. The van der Waals surface area contributed by atoms with Gasteiger partial charge in [0.15, 0.2) is 0 Å². The third kappa shape index (κ3) is 3.12. The van der Waals surface area contributed by atoms with Gasteiger partial charge in [0.1, 0.15) is 0 Å². The maximum atomic E-state index is 12.7. The molecule has 6 heteroatoms. The Morgan fingerprint density at radius 1 is 1.38 bits per heavy atom. The number of aliphatic hydroxyl groups excluding tert-OH is 1. The molecule has 1 rings (SSSR count). The van der Waals surface area contributed by atoms with E-state index in [-0.39, 0.29) is 18.8 Å². The lowest BCUT2D eigenvalue weighted by atomic mass is 10.1. The summed E-state index contributed by atoms with van der Waals surface area (Å²) in [5.74, 6) is 0. The molecule has 0 amide bonds. The van der Waals surface area contributed by atoms with E-state index in [2.05, 4.69) is 15.9 Å². The van der Waals surface area contributed by atoms with Crippen molar-refractivity contribution in [3.8, 4) is 0 Å². The monoisotopic (exact) mass is 297 g/mol. The molecule has 0 unspecified atom stereocenters. The summed E-state index contributed by atoms with van der Waals surface area (Å²) in [5.41, 5.74) is -0.650. The molecule has 0 saturated carbocycles. The van der Waals surface area contributed by atoms with Crippen molar-refractivity contribution in [2.24, 2.45) is 0 Å². The van der Waals surface area contributed by atoms with E-state index in [1.54, 1.807) is 6.07 Å². The number of hydrogen-bond acceptors (Lipinski definition) is 2. The molecule has 16 heavy (non-hydrogen) atoms. The number of likely N-dealkylation sites (N-methyl/N-ethyl adjacent to an activating group) is 1. The Morgan fingerprint density at radius 3 is 2.50 bits per heavy atom. The number of halogens is 4. The zero-order valence-corrected chi connectivity index (χ0v) is 10.1. The maximum absolute atomic E-state index is 12.7. The fourth-order valence-electron chi connectivity index (χ4n) is 1.34. The van der Waals surface area contributed by atoms with Crippen LogP contribution < -0.4 is 4.90 Å². The molecule has 0 radical (unpaired) electrons. The third-order valence-electron chi connectivity index (χ3n) is 2.11. The predicted molar refractivity (Wildman–Crippen MR) is 59.5 cm³/mol. The number of hydrogen-bond donors (Lipinski definition) is 1. The van der Waals surface area contributed by atoms with Gasteiger partial charge in [-0.2, -0.15) is 13.2 Å². The van der Waals surface area contributed by atoms with Crippen molar-refractivity contribution in [2.45, 2.75) is 6.18 Å². The Morgan fingerprint density at radius 2 is 2.00 bits per heavy atom. The summed E-state index contributed by atoms with van der Waals surface area (Å²) in [6, 6.07) is 3.95. The molecule has 0 aromatic heterocycles. The Balaban J connectivity index is 3.18. The maximum Gasteiger partial charge on any atom is 0.418 e. The van der Waals surface area contributed by atoms with Gasteiger partial charge in [-0.3, -0.25) is 0 Å². The van der Waals surface area contributed by atoms with Gasteiger partial charge in [-0.1, -0.05) is 15.9 Å². The highest BCUT2D eigenvalue weighted by Crippen LogP contribution is 2.37. The van der Waals surface area contributed by atoms with E-state index in [9.17, 15) is 13.2 Å². The molecule has 0 saturated heterocycles. The van der Waals surface area contributed by atoms with E-state index < -0.39 is 11.7 Å². The summed E-state index contributed by atoms with van der Waals surface area (Å²) >= 11 is 3.01. The highest BCUT2D eigenvalue weighted by molar-refractivity contribution is 9.10. The molecule has 0 heterocycles. The van der Waals surface area contributed by atoms with Crippen LogP contribution in [-0.4, -0.2) is 25.3 Å². The average Bonchev–Trinajstić information content (AvgIpc) is 2.16. The molecule has 1 aromatic rings. The second-order valence-electron chi connectivity index (χ2n) is 3.30. The summed E-state index contributed by atoms with van der Waals surface area (Å²) in [4.78, 5) is 1.37. The van der Waals surface area contributed by atoms with Gasteiger partial charge < -0.3 is 10.0 Å². The normalized spacial score (nSPS) is 11.6. The van der Waals surface area contributed by atoms with Gasteiger partial charge in [-0.25, -0.2) is 0 Å². The van der Waals surface area contributed by atoms with Gasteiger partial charge in [-0.05, 0) is 18.2 Å². The molecular weight excluding hydrogens is 287 g/mol. The Kier molecular flexibility index (Phi) is 4.21. The van der Waals surface area contributed by atoms with Crippen LogP contribution in [0.5, 0.6) is 0 Å². The molecule has 1 N–H and O–H groups in total. The van der Waals surface area contributed by atoms with Crippen LogP contribution in [0.25, 0.3) is 0 Å². The molecule has 0 atom stereocenters. The largest absolute Gasteiger partial charge is 0.418 e. The lowest BCUT2D eigenvalue weighted by molar-refractivity contribution is -0.137. The molecule has 1 aromatic carbocycles. The van der Waals surface area contributed by atoms with Crippen molar-refractivity contribution in [1.82, 2.24) is 0 Å². The van der Waals surface area contributed by atoms with Crippen molar-refractivity contribution in [1.29, 1.82) is 0 Å². The van der Waals surface area contributed by atoms with Crippen molar-refractivity contribution in [2.75, 3.05) is 25.1 Å². The number of alkyl halides is 3. The van der Waals surface area contributed by atoms with Crippen LogP contribution in [0, 0.1) is 0 Å². The van der Waals surface area contributed by atoms with Crippen LogP contribution in [0.4, 0.5) is 18.9 Å². The SMILES string of the molecule is CN(CCO)c1ccc(Br)cc1C(F)(F)F. The zero-order valence-electron chi connectivity index (χ0n) is 8.55. The standard InChI is InChI=1S/C10H11BrF3NO/c1-15(4-5-16)9-3-2-7(11)6-8(9)10(12,13)14/h2-3,6,16H,4-5H2,1H3. The minimum Gasteiger partial charge on any atom is -0.395 e. The third-order valence-corrected chi connectivity index (χ3v) is 2.60. The molecule has 90 valence electrons. The molecule has 0 spiro atoms. The molecule has 0 aliphatic heterocycles. The molecule has 2 nitrogen and oxygen atoms in total. The first-order valence-electron chi connectivity index (χ1n) is 4.55. The number of anilines is 1. The summed E-state index contributed by atoms with van der Waals surface area (Å²) in [6.07, 6.45) is -4.40. The molecule has 0 fully saturated rings. The van der Waals surface area contributed by atoms with E-state index >= 15 is 0 Å². The van der Waals surface area contributed by atoms with Gasteiger partial charge in [0.25, 0.3) is 0 Å². The first kappa shape index (κ1) is 13.3. The summed E-state index contributed by atoms with van der Waals surface area (Å²) in [5, 5.41) is 8.71. The van der Waals surface area contributed by atoms with E-state index in [1.807, 2.05) is 0 Å². The molecular formula is C10H11BrF3NO. The van der Waals surface area contributed by atoms with E-state index in [4.69, 9.17) is 5.11 Å². The van der Waals surface area contributed by atoms with Gasteiger partial charge in [0.05, 0.1) is 12.2 Å². The van der Waals surface area contributed by atoms with Crippen molar-refractivity contribution in [3.05, 3.63) is 28.2 Å². The summed E-state index contributed by atoms with van der Waals surface area (Å²) in [6.45, 7) is -0.0332. The molecule has 0 aliphatic rings. The molecule has 0 aliphatic carbocycles. The fourth-order valence-corrected chi connectivity index (χ4v) is 1.70. The summed E-state index contributed by atoms with van der Waals surface area (Å²) in [7, 11) is 1.51. The fraction of sp³-hybridized carbons (Fsp3) is 0.400. The van der Waals surface area contributed by atoms with Crippen molar-refractivity contribution < 1.29 is 18.3 Å². The first-order chi connectivity index (χ1) is 7.36. The topological polar surface area (TPSA) is 23.5 Å². The lowest BCUT2D eigenvalue weighted by Gasteiger charge is -2.22. The van der Waals surface area contributed by atoms with Crippen LogP contribution in [0.3, 0.4) is 0 Å². The quantitative estimate of drug-likeness (QED) is 0.927. The Hall–Kier alpha value is -0.750. The van der Waals surface area contributed by atoms with Crippen LogP contribution >= 0.6 is 15.9 Å². The Bertz CT molecular complexity index is 368. The van der Waals surface area contributed by atoms with E-state index in [0.29, 0.717) is 4.47 Å². The number of aliphatic hydroxyl groups is 1. The van der Waals surface area contributed by atoms with Gasteiger partial charge in [0, 0.05) is 23.8 Å². The zero-order chi connectivity index (χ0) is 12.3. The second kappa shape index (κ2) is 5.05. The highest BCUT2D eigenvalue weighted by Gasteiger charge is 2.34. The smallest absolute Gasteiger partial charge is 0.395 e. The predicted octanol–water partition coefficient (Wildman–Crippen LogP) is 2.90. The van der Waals surface area contributed by atoms with Crippen LogP contribution in [0.1, 0.15) is 5.56 Å². The van der Waals surface area contributed by atoms with Gasteiger partial charge in [-0.15, -0.1) is 0 Å². The number of nitrogens with zero attached hydrogens (tertiary/aromatic N) is 1.